The van der Waals surface area contributed by atoms with Crippen molar-refractivity contribution >= 4 is 23.9 Å². The number of nitrogens with one attached hydrogen (secondary N) is 5. The second-order valence-electron chi connectivity index (χ2n) is 14.0. The summed E-state index contributed by atoms with van der Waals surface area (Å²) in [5.74, 6) is 3.60. The number of hydrazine groups is 1. The van der Waals surface area contributed by atoms with E-state index in [1.165, 1.54) is 26.7 Å². The minimum absolute atomic E-state index is 0.0461. The van der Waals surface area contributed by atoms with Crippen molar-refractivity contribution in [1.82, 2.24) is 31.6 Å². The van der Waals surface area contributed by atoms with Gasteiger partial charge in [-0.05, 0) is 54.4 Å². The van der Waals surface area contributed by atoms with Gasteiger partial charge in [0.15, 0.2) is 0 Å². The molecule has 3 aromatic rings. The highest BCUT2D eigenvalue weighted by Crippen LogP contribution is 2.35. The van der Waals surface area contributed by atoms with Crippen molar-refractivity contribution in [3.63, 3.8) is 0 Å². The topological polar surface area (TPSA) is 196 Å². The Morgan fingerprint density at radius 1 is 0.818 bits per heavy atom. The maximum atomic E-state index is 14.3. The molecule has 0 spiro atoms. The van der Waals surface area contributed by atoms with Crippen molar-refractivity contribution in [3.8, 4) is 11.1 Å². The molecule has 0 saturated carbocycles. The normalized spacial score (nSPS) is 13.8. The number of aryl methyl sites for hydroxylation is 1. The summed E-state index contributed by atoms with van der Waals surface area (Å²) in [6.07, 6.45) is 2.76. The van der Waals surface area contributed by atoms with Crippen LogP contribution in [0.4, 0.5) is 9.59 Å². The zero-order valence-electron chi connectivity index (χ0n) is 32.7. The Labute approximate surface area is 324 Å². The van der Waals surface area contributed by atoms with Crippen LogP contribution in [0.3, 0.4) is 0 Å². The Morgan fingerprint density at radius 3 is 2.04 bits per heavy atom. The number of ether oxygens (including phenoxy) is 2. The smallest absolute Gasteiger partial charge is 0.320 e. The van der Waals surface area contributed by atoms with Crippen LogP contribution < -0.4 is 32.5 Å². The van der Waals surface area contributed by atoms with Gasteiger partial charge in [0.25, 0.3) is 5.91 Å². The van der Waals surface area contributed by atoms with Crippen LogP contribution in [0.1, 0.15) is 57.6 Å². The minimum atomic E-state index is -2.78. The molecular formula is C41H59N7O7. The lowest BCUT2D eigenvalue weighted by Gasteiger charge is -2.50. The highest BCUT2D eigenvalue weighted by atomic mass is 16.5. The number of rotatable bonds is 22. The number of amides is 6. The molecule has 55 heavy (non-hydrogen) atoms. The summed E-state index contributed by atoms with van der Waals surface area (Å²) in [6.45, 7) is 5.48. The molecule has 8 N–H and O–H groups in total. The van der Waals surface area contributed by atoms with E-state index in [1.807, 2.05) is 72.8 Å². The lowest BCUT2D eigenvalue weighted by molar-refractivity contribution is -0.181. The lowest BCUT2D eigenvalue weighted by atomic mass is 9.80. The fourth-order valence-corrected chi connectivity index (χ4v) is 6.48. The summed E-state index contributed by atoms with van der Waals surface area (Å²) in [5.41, 5.74) is 0.848. The van der Waals surface area contributed by atoms with Gasteiger partial charge in [-0.2, -0.15) is 0 Å². The molecule has 0 aromatic heterocycles. The van der Waals surface area contributed by atoms with E-state index in [0.29, 0.717) is 18.4 Å². The van der Waals surface area contributed by atoms with Gasteiger partial charge in [-0.15, -0.1) is 0 Å². The number of carbonyl (C=O) groups is 4. The van der Waals surface area contributed by atoms with E-state index >= 15 is 0 Å². The van der Waals surface area contributed by atoms with E-state index in [-0.39, 0.29) is 39.3 Å². The molecule has 0 fully saturated rings. The zero-order chi connectivity index (χ0) is 40.3. The molecule has 300 valence electrons. The first-order valence-corrected chi connectivity index (χ1v) is 18.7. The molecule has 0 aliphatic carbocycles. The van der Waals surface area contributed by atoms with E-state index in [2.05, 4.69) is 26.7 Å². The Hall–Kier alpha value is -5.02. The number of benzene rings is 3. The number of methoxy groups -OCH3 is 2. The number of carbonyl (C=O) groups excluding carboxylic acids is 4. The number of nitrogens with zero attached hydrogens (tertiary/aromatic N) is 1. The van der Waals surface area contributed by atoms with Gasteiger partial charge in [-0.3, -0.25) is 19.9 Å². The van der Waals surface area contributed by atoms with E-state index in [9.17, 15) is 24.3 Å². The van der Waals surface area contributed by atoms with Gasteiger partial charge in [0, 0.05) is 27.3 Å². The molecule has 3 aromatic carbocycles. The fraction of sp³-hybridized carbons (Fsp3) is 0.463. The lowest BCUT2D eigenvalue weighted by Crippen LogP contribution is -2.78. The maximum absolute atomic E-state index is 14.3. The van der Waals surface area contributed by atoms with Gasteiger partial charge in [0.2, 0.25) is 11.6 Å². The molecule has 0 bridgehead atoms. The van der Waals surface area contributed by atoms with Crippen LogP contribution in [0.25, 0.3) is 11.1 Å². The first-order valence-electron chi connectivity index (χ1n) is 18.7. The van der Waals surface area contributed by atoms with Crippen molar-refractivity contribution < 1.29 is 33.8 Å². The van der Waals surface area contributed by atoms with Crippen molar-refractivity contribution in [2.45, 2.75) is 76.7 Å². The molecule has 0 unspecified atom stereocenters. The number of aliphatic hydroxyl groups is 1. The molecule has 6 amide bonds. The third-order valence-electron chi connectivity index (χ3n) is 9.58. The summed E-state index contributed by atoms with van der Waals surface area (Å²) < 4.78 is 10.2. The van der Waals surface area contributed by atoms with E-state index in [0.717, 1.165) is 28.9 Å². The van der Waals surface area contributed by atoms with Crippen molar-refractivity contribution in [2.24, 2.45) is 11.8 Å². The molecule has 0 saturated heterocycles. The first-order chi connectivity index (χ1) is 26.4. The predicted molar refractivity (Wildman–Crippen MR) is 212 cm³/mol. The number of hydrogen-bond donors (Lipinski definition) is 7. The molecule has 0 radical (unpaired) electrons. The molecule has 0 aliphatic rings. The van der Waals surface area contributed by atoms with E-state index in [4.69, 9.17) is 15.3 Å². The number of urea groups is 2. The standard InChI is InChI=1S/C41H59N7O7/c1-30(2)35(45-38(51)43-25-27-54-4)36(49)46-40(3,24-16-8-11-19-31-17-9-6-10-18-31)41(53,37(50)47-42)48(39(52)44-26-28-55-5)29-33-22-14-15-23-34(33)32-20-12-7-13-21-32/h6-7,9-10,12-15,17-18,20-23,30,35,53H,8,11,16,19,24-29,42H2,1-5H3,(H,44,52)(H,46,49)(H,47,50)(H2,43,45,51)/t35-,40-,41+/m0/s1. The van der Waals surface area contributed by atoms with Gasteiger partial charge < -0.3 is 35.8 Å². The summed E-state index contributed by atoms with van der Waals surface area (Å²) in [6, 6.07) is 24.4. The van der Waals surface area contributed by atoms with Crippen LogP contribution in [-0.2, 0) is 32.0 Å². The second-order valence-corrected chi connectivity index (χ2v) is 14.0. The first kappa shape index (κ1) is 44.4. The van der Waals surface area contributed by atoms with E-state index < -0.39 is 47.1 Å². The van der Waals surface area contributed by atoms with Crippen molar-refractivity contribution in [3.05, 3.63) is 96.1 Å². The molecule has 14 nitrogen and oxygen atoms in total. The van der Waals surface area contributed by atoms with E-state index in [1.54, 1.807) is 26.0 Å². The Balaban J connectivity index is 2.12. The van der Waals surface area contributed by atoms with Gasteiger partial charge in [0.1, 0.15) is 6.04 Å². The highest BCUT2D eigenvalue weighted by Gasteiger charge is 2.59. The Kier molecular flexibility index (Phi) is 18.1. The third kappa shape index (κ3) is 12.5. The third-order valence-corrected chi connectivity index (χ3v) is 9.58. The average Bonchev–Trinajstić information content (AvgIpc) is 3.19. The SMILES string of the molecule is COCCNC(=O)N[C@H](C(=O)N[C@@](C)(CCCCCc1ccccc1)[C@](O)(C(=O)NN)N(Cc1ccccc1-c1ccccc1)C(=O)NCCOC)C(C)C. The summed E-state index contributed by atoms with van der Waals surface area (Å²) in [4.78, 5) is 56.7. The molecule has 3 atom stereocenters. The van der Waals surface area contributed by atoms with Crippen molar-refractivity contribution in [1.29, 1.82) is 0 Å². The molecule has 0 aliphatic heterocycles. The highest BCUT2D eigenvalue weighted by molar-refractivity contribution is 5.93. The van der Waals surface area contributed by atoms with Crippen LogP contribution >= 0.6 is 0 Å². The largest absolute Gasteiger partial charge is 0.383 e. The Morgan fingerprint density at radius 2 is 1.42 bits per heavy atom. The van der Waals surface area contributed by atoms with Gasteiger partial charge in [-0.25, -0.2) is 15.4 Å². The number of hydrogen-bond acceptors (Lipinski definition) is 8. The summed E-state index contributed by atoms with van der Waals surface area (Å²) in [5, 5.41) is 24.1. The van der Waals surface area contributed by atoms with Gasteiger partial charge in [0.05, 0.1) is 25.3 Å². The van der Waals surface area contributed by atoms with Gasteiger partial charge >= 0.3 is 12.1 Å². The molecule has 14 heteroatoms. The summed E-state index contributed by atoms with van der Waals surface area (Å²) >= 11 is 0. The molecular weight excluding hydrogens is 702 g/mol. The predicted octanol–water partition coefficient (Wildman–Crippen LogP) is 3.84. The zero-order valence-corrected chi connectivity index (χ0v) is 32.7. The van der Waals surface area contributed by atoms with Crippen molar-refractivity contribution in [2.75, 3.05) is 40.5 Å². The van der Waals surface area contributed by atoms with Crippen LogP contribution in [0.15, 0.2) is 84.9 Å². The molecule has 0 heterocycles. The number of nitrogens with two attached hydrogens (primary N) is 1. The Bertz CT molecular complexity index is 1650. The maximum Gasteiger partial charge on any atom is 0.320 e. The van der Waals surface area contributed by atoms with Crippen LogP contribution in [0.5, 0.6) is 0 Å². The van der Waals surface area contributed by atoms with Crippen LogP contribution in [0, 0.1) is 5.92 Å². The minimum Gasteiger partial charge on any atom is -0.383 e. The van der Waals surface area contributed by atoms with Crippen LogP contribution in [0.2, 0.25) is 0 Å². The second kappa shape index (κ2) is 22.4. The van der Waals surface area contributed by atoms with Crippen LogP contribution in [-0.4, -0.2) is 91.7 Å². The fourth-order valence-electron chi connectivity index (χ4n) is 6.48. The van der Waals surface area contributed by atoms with Gasteiger partial charge in [-0.1, -0.05) is 112 Å². The monoisotopic (exact) mass is 761 g/mol. The number of unbranched alkanes of at least 4 members (excludes halogenated alkanes) is 2. The quantitative estimate of drug-likeness (QED) is 0.0264. The molecule has 3 rings (SSSR count). The average molecular weight is 762 g/mol. The summed E-state index contributed by atoms with van der Waals surface area (Å²) in [7, 11) is 2.99.